The van der Waals surface area contributed by atoms with Gasteiger partial charge in [0, 0.05) is 16.8 Å². The van der Waals surface area contributed by atoms with Gasteiger partial charge in [-0.05, 0) is 52.8 Å². The maximum absolute atomic E-state index is 6.02. The van der Waals surface area contributed by atoms with E-state index < -0.39 is 0 Å². The first-order chi connectivity index (χ1) is 9.33. The zero-order chi connectivity index (χ0) is 14.5. The highest BCUT2D eigenvalue weighted by molar-refractivity contribution is 5.58. The molecule has 4 N–H and O–H groups in total. The van der Waals surface area contributed by atoms with Gasteiger partial charge in [0.05, 0.1) is 0 Å². The van der Waals surface area contributed by atoms with Gasteiger partial charge >= 0.3 is 1.43 Å². The lowest BCUT2D eigenvalue weighted by Crippen LogP contribution is -2.23. The Morgan fingerprint density at radius 2 is 1.45 bits per heavy atom. The molecular weight excluding hydrogens is 244 g/mol. The summed E-state index contributed by atoms with van der Waals surface area (Å²) in [5, 5.41) is 0. The Labute approximate surface area is 122 Å². The number of hydrogen-bond donors (Lipinski definition) is 2. The van der Waals surface area contributed by atoms with E-state index in [9.17, 15) is 0 Å². The normalized spacial score (nSPS) is 23.6. The molecule has 1 aliphatic rings. The summed E-state index contributed by atoms with van der Waals surface area (Å²) in [6, 6.07) is 14.6. The molecule has 0 saturated heterocycles. The second-order valence-electron chi connectivity index (χ2n) is 6.82. The van der Waals surface area contributed by atoms with Gasteiger partial charge in [-0.1, -0.05) is 39.0 Å². The maximum Gasteiger partial charge on any atom is 1.00 e. The van der Waals surface area contributed by atoms with E-state index in [-0.39, 0.29) is 12.3 Å². The lowest BCUT2D eigenvalue weighted by atomic mass is 9.75. The predicted molar refractivity (Wildman–Crippen MR) is 86.9 cm³/mol. The van der Waals surface area contributed by atoms with E-state index in [0.717, 1.165) is 17.8 Å². The first-order valence-corrected chi connectivity index (χ1v) is 7.09. The molecule has 0 bridgehead atoms. The Hall–Kier alpha value is -1.96. The van der Waals surface area contributed by atoms with Crippen molar-refractivity contribution in [1.29, 1.82) is 0 Å². The van der Waals surface area contributed by atoms with Crippen molar-refractivity contribution in [2.75, 3.05) is 11.5 Å². The molecule has 20 heavy (non-hydrogen) atoms. The number of benzene rings is 2. The van der Waals surface area contributed by atoms with Crippen molar-refractivity contribution in [3.8, 4) is 0 Å². The van der Waals surface area contributed by atoms with Gasteiger partial charge in [-0.25, -0.2) is 0 Å². The molecular formula is C18H23N2+. The SMILES string of the molecule is CC1(C)CC(C)(c2ccc(N)cc2)c2cc(N)ccc21.[H+]. The summed E-state index contributed by atoms with van der Waals surface area (Å²) in [5.41, 5.74) is 17.7. The maximum atomic E-state index is 6.02. The average molecular weight is 267 g/mol. The fourth-order valence-corrected chi connectivity index (χ4v) is 3.79. The minimum absolute atomic E-state index is 0. The van der Waals surface area contributed by atoms with Gasteiger partial charge in [-0.3, -0.25) is 0 Å². The number of fused-ring (bicyclic) bond motifs is 1. The van der Waals surface area contributed by atoms with Crippen LogP contribution in [0.15, 0.2) is 42.5 Å². The molecule has 1 unspecified atom stereocenters. The van der Waals surface area contributed by atoms with Crippen LogP contribution >= 0.6 is 0 Å². The number of nitrogen functional groups attached to an aromatic ring is 2. The topological polar surface area (TPSA) is 52.0 Å². The lowest BCUT2D eigenvalue weighted by molar-refractivity contribution is 0.425. The monoisotopic (exact) mass is 267 g/mol. The minimum Gasteiger partial charge on any atom is -0.399 e. The number of rotatable bonds is 1. The van der Waals surface area contributed by atoms with Crippen LogP contribution in [0.5, 0.6) is 0 Å². The zero-order valence-corrected chi connectivity index (χ0v) is 12.4. The Morgan fingerprint density at radius 3 is 2.10 bits per heavy atom. The third kappa shape index (κ3) is 1.79. The summed E-state index contributed by atoms with van der Waals surface area (Å²) in [7, 11) is 0. The van der Waals surface area contributed by atoms with E-state index in [1.165, 1.54) is 16.7 Å². The van der Waals surface area contributed by atoms with E-state index in [2.05, 4.69) is 45.0 Å². The average Bonchev–Trinajstić information content (AvgIpc) is 2.58. The van der Waals surface area contributed by atoms with Crippen LogP contribution in [0.25, 0.3) is 0 Å². The van der Waals surface area contributed by atoms with Crippen LogP contribution in [-0.4, -0.2) is 0 Å². The standard InChI is InChI=1S/C18H22N2/c1-17(2)11-18(3,12-4-6-13(19)7-5-12)16-10-14(20)8-9-15(16)17/h4-10H,11,19-20H2,1-3H3/p+1. The van der Waals surface area contributed by atoms with Gasteiger partial charge in [0.25, 0.3) is 0 Å². The van der Waals surface area contributed by atoms with E-state index in [0.29, 0.717) is 0 Å². The van der Waals surface area contributed by atoms with Crippen molar-refractivity contribution in [2.24, 2.45) is 0 Å². The van der Waals surface area contributed by atoms with Gasteiger partial charge in [0.2, 0.25) is 0 Å². The molecule has 104 valence electrons. The van der Waals surface area contributed by atoms with E-state index in [4.69, 9.17) is 11.5 Å². The van der Waals surface area contributed by atoms with E-state index in [1.54, 1.807) is 0 Å². The molecule has 0 spiro atoms. The molecule has 0 radical (unpaired) electrons. The van der Waals surface area contributed by atoms with Crippen molar-refractivity contribution < 1.29 is 1.43 Å². The molecule has 2 nitrogen and oxygen atoms in total. The van der Waals surface area contributed by atoms with Crippen LogP contribution in [0.4, 0.5) is 11.4 Å². The third-order valence-electron chi connectivity index (χ3n) is 4.71. The van der Waals surface area contributed by atoms with Gasteiger partial charge in [0.1, 0.15) is 0 Å². The second kappa shape index (κ2) is 4.02. The van der Waals surface area contributed by atoms with Gasteiger partial charge in [-0.2, -0.15) is 0 Å². The Bertz CT molecular complexity index is 661. The highest BCUT2D eigenvalue weighted by Gasteiger charge is 2.45. The molecule has 0 heterocycles. The first-order valence-electron chi connectivity index (χ1n) is 7.09. The Balaban J connectivity index is 0.00000161. The summed E-state index contributed by atoms with van der Waals surface area (Å²) >= 11 is 0. The fraction of sp³-hybridized carbons (Fsp3) is 0.333. The summed E-state index contributed by atoms with van der Waals surface area (Å²) in [4.78, 5) is 0. The fourth-order valence-electron chi connectivity index (χ4n) is 3.79. The number of hydrogen-bond acceptors (Lipinski definition) is 2. The molecule has 2 heteroatoms. The van der Waals surface area contributed by atoms with Gasteiger partial charge < -0.3 is 11.5 Å². The molecule has 0 saturated carbocycles. The molecule has 3 rings (SSSR count). The number of anilines is 2. The van der Waals surface area contributed by atoms with E-state index >= 15 is 0 Å². The van der Waals surface area contributed by atoms with Crippen molar-refractivity contribution in [2.45, 2.75) is 38.0 Å². The molecule has 1 aliphatic carbocycles. The molecule has 2 aromatic rings. The zero-order valence-electron chi connectivity index (χ0n) is 13.4. The van der Waals surface area contributed by atoms with Crippen LogP contribution in [0, 0.1) is 0 Å². The molecule has 0 fully saturated rings. The van der Waals surface area contributed by atoms with Crippen LogP contribution in [0.2, 0.25) is 0 Å². The minimum atomic E-state index is 0. The van der Waals surface area contributed by atoms with Crippen molar-refractivity contribution in [3.63, 3.8) is 0 Å². The molecule has 0 aliphatic heterocycles. The predicted octanol–water partition coefficient (Wildman–Crippen LogP) is 3.95. The lowest BCUT2D eigenvalue weighted by Gasteiger charge is -2.28. The van der Waals surface area contributed by atoms with Crippen LogP contribution in [0.1, 0.15) is 45.3 Å². The highest BCUT2D eigenvalue weighted by Crippen LogP contribution is 2.53. The van der Waals surface area contributed by atoms with Crippen molar-refractivity contribution in [3.05, 3.63) is 59.2 Å². The summed E-state index contributed by atoms with van der Waals surface area (Å²) in [5.74, 6) is 0. The van der Waals surface area contributed by atoms with E-state index in [1.807, 2.05) is 18.2 Å². The molecule has 0 amide bonds. The van der Waals surface area contributed by atoms with Gasteiger partial charge in [-0.15, -0.1) is 0 Å². The first kappa shape index (κ1) is 13.0. The molecule has 2 aromatic carbocycles. The number of nitrogens with two attached hydrogens (primary N) is 2. The summed E-state index contributed by atoms with van der Waals surface area (Å²) in [6.07, 6.45) is 1.09. The van der Waals surface area contributed by atoms with Crippen LogP contribution < -0.4 is 11.5 Å². The Morgan fingerprint density at radius 1 is 0.850 bits per heavy atom. The molecule has 0 aromatic heterocycles. The largest absolute Gasteiger partial charge is 1.00 e. The summed E-state index contributed by atoms with van der Waals surface area (Å²) < 4.78 is 0. The third-order valence-corrected chi connectivity index (χ3v) is 4.71. The van der Waals surface area contributed by atoms with Crippen LogP contribution in [-0.2, 0) is 10.8 Å². The quantitative estimate of drug-likeness (QED) is 0.769. The highest BCUT2D eigenvalue weighted by atomic mass is 14.6. The second-order valence-corrected chi connectivity index (χ2v) is 6.82. The van der Waals surface area contributed by atoms with Gasteiger partial charge in [0.15, 0.2) is 0 Å². The smallest absolute Gasteiger partial charge is 0.399 e. The van der Waals surface area contributed by atoms with Crippen molar-refractivity contribution >= 4 is 11.4 Å². The summed E-state index contributed by atoms with van der Waals surface area (Å²) in [6.45, 7) is 6.93. The van der Waals surface area contributed by atoms with Crippen molar-refractivity contribution in [1.82, 2.24) is 0 Å². The molecule has 1 atom stereocenters. The van der Waals surface area contributed by atoms with Crippen LogP contribution in [0.3, 0.4) is 0 Å². The Kier molecular flexibility index (Phi) is 2.62.